The molecular formula is C13H23N5O3. The van der Waals surface area contributed by atoms with Crippen molar-refractivity contribution in [3.63, 3.8) is 0 Å². The van der Waals surface area contributed by atoms with Gasteiger partial charge in [-0.3, -0.25) is 4.79 Å². The number of hydrogen-bond acceptors (Lipinski definition) is 5. The van der Waals surface area contributed by atoms with Crippen LogP contribution in [0.3, 0.4) is 0 Å². The number of aromatic amines is 1. The second kappa shape index (κ2) is 6.95. The molecule has 8 heteroatoms. The first-order valence-electron chi connectivity index (χ1n) is 7.41. The van der Waals surface area contributed by atoms with E-state index in [0.29, 0.717) is 17.8 Å². The fourth-order valence-corrected chi connectivity index (χ4v) is 3.73. The summed E-state index contributed by atoms with van der Waals surface area (Å²) in [6.45, 7) is 0.860. The van der Waals surface area contributed by atoms with E-state index < -0.39 is 5.97 Å². The summed E-state index contributed by atoms with van der Waals surface area (Å²) in [4.78, 5) is 11.1. The fourth-order valence-electron chi connectivity index (χ4n) is 3.73. The molecule has 2 fully saturated rings. The minimum Gasteiger partial charge on any atom is -0.480 e. The van der Waals surface area contributed by atoms with Crippen LogP contribution in [0.2, 0.25) is 0 Å². The van der Waals surface area contributed by atoms with Crippen LogP contribution in [-0.2, 0) is 11.2 Å². The number of nitrogens with zero attached hydrogens (tertiary/aromatic N) is 3. The standard InChI is InChI=1S/C13H21N5O2.H2O/c19-13(20)11-6-10-5-8(1-3-9(10)7-14-11)2-4-12-15-17-18-16-12;/h8-11,14H,1-7H2,(H,19,20)(H,15,16,17,18);1H2/t8-,9-,10+,11-;/m0./s1. The molecule has 1 aromatic heterocycles. The zero-order chi connectivity index (χ0) is 13.9. The molecule has 0 spiro atoms. The van der Waals surface area contributed by atoms with E-state index in [9.17, 15) is 4.79 Å². The van der Waals surface area contributed by atoms with Crippen LogP contribution in [0.1, 0.15) is 37.9 Å². The zero-order valence-electron chi connectivity index (χ0n) is 12.0. The molecule has 0 unspecified atom stereocenters. The molecule has 1 saturated carbocycles. The Labute approximate surface area is 123 Å². The highest BCUT2D eigenvalue weighted by Gasteiger charge is 2.37. The molecule has 8 nitrogen and oxygen atoms in total. The average Bonchev–Trinajstić information content (AvgIpc) is 2.97. The maximum absolute atomic E-state index is 11.1. The Morgan fingerprint density at radius 2 is 2.14 bits per heavy atom. The Balaban J connectivity index is 0.00000161. The number of carbonyl (C=O) groups is 1. The molecule has 0 bridgehead atoms. The summed E-state index contributed by atoms with van der Waals surface area (Å²) in [6, 6.07) is -0.354. The predicted octanol–water partition coefficient (Wildman–Crippen LogP) is -0.213. The van der Waals surface area contributed by atoms with E-state index in [4.69, 9.17) is 5.11 Å². The number of aromatic nitrogens is 4. The predicted molar refractivity (Wildman–Crippen MR) is 74.5 cm³/mol. The molecule has 4 atom stereocenters. The van der Waals surface area contributed by atoms with Crippen molar-refractivity contribution in [3.05, 3.63) is 5.82 Å². The summed E-state index contributed by atoms with van der Waals surface area (Å²) in [5.74, 6) is 1.95. The van der Waals surface area contributed by atoms with Crippen molar-refractivity contribution in [2.75, 3.05) is 6.54 Å². The van der Waals surface area contributed by atoms with Gasteiger partial charge in [0.05, 0.1) is 0 Å². The molecule has 0 amide bonds. The fraction of sp³-hybridized carbons (Fsp3) is 0.846. The smallest absolute Gasteiger partial charge is 0.320 e. The van der Waals surface area contributed by atoms with Crippen LogP contribution < -0.4 is 5.32 Å². The molecule has 2 heterocycles. The lowest BCUT2D eigenvalue weighted by atomic mass is 9.69. The molecule has 1 saturated heterocycles. The summed E-state index contributed by atoms with van der Waals surface area (Å²) in [7, 11) is 0. The van der Waals surface area contributed by atoms with E-state index in [0.717, 1.165) is 38.1 Å². The van der Waals surface area contributed by atoms with E-state index in [-0.39, 0.29) is 11.5 Å². The van der Waals surface area contributed by atoms with E-state index >= 15 is 0 Å². The van der Waals surface area contributed by atoms with Crippen LogP contribution in [-0.4, -0.2) is 49.8 Å². The first-order valence-corrected chi connectivity index (χ1v) is 7.41. The monoisotopic (exact) mass is 297 g/mol. The van der Waals surface area contributed by atoms with Crippen LogP contribution in [0.25, 0.3) is 0 Å². The second-order valence-electron chi connectivity index (χ2n) is 6.10. The van der Waals surface area contributed by atoms with Crippen molar-refractivity contribution < 1.29 is 15.4 Å². The zero-order valence-corrected chi connectivity index (χ0v) is 12.0. The van der Waals surface area contributed by atoms with Crippen molar-refractivity contribution in [1.82, 2.24) is 25.9 Å². The van der Waals surface area contributed by atoms with E-state index in [2.05, 4.69) is 25.9 Å². The van der Waals surface area contributed by atoms with Crippen LogP contribution in [0, 0.1) is 17.8 Å². The number of H-pyrrole nitrogens is 1. The van der Waals surface area contributed by atoms with Crippen molar-refractivity contribution >= 4 is 5.97 Å². The number of aryl methyl sites for hydroxylation is 1. The van der Waals surface area contributed by atoms with Gasteiger partial charge in [-0.2, -0.15) is 5.21 Å². The lowest BCUT2D eigenvalue weighted by molar-refractivity contribution is -0.141. The molecule has 0 radical (unpaired) electrons. The van der Waals surface area contributed by atoms with Gasteiger partial charge in [0.25, 0.3) is 0 Å². The quantitative estimate of drug-likeness (QED) is 0.703. The van der Waals surface area contributed by atoms with Gasteiger partial charge in [0.15, 0.2) is 5.82 Å². The van der Waals surface area contributed by atoms with Gasteiger partial charge in [0.2, 0.25) is 0 Å². The van der Waals surface area contributed by atoms with Crippen LogP contribution in [0.15, 0.2) is 0 Å². The molecule has 1 aliphatic heterocycles. The number of tetrazole rings is 1. The van der Waals surface area contributed by atoms with Crippen molar-refractivity contribution in [1.29, 1.82) is 0 Å². The third-order valence-corrected chi connectivity index (χ3v) is 4.88. The van der Waals surface area contributed by atoms with Crippen LogP contribution in [0.5, 0.6) is 0 Å². The highest BCUT2D eigenvalue weighted by Crippen LogP contribution is 2.40. The SMILES string of the molecule is O.O=C(O)[C@@H]1C[C@H]2C[C@H](CCc3nn[nH]n3)CC[C@H]2CN1. The normalized spacial score (nSPS) is 32.0. The van der Waals surface area contributed by atoms with Gasteiger partial charge in [0.1, 0.15) is 6.04 Å². The van der Waals surface area contributed by atoms with Gasteiger partial charge in [-0.1, -0.05) is 11.6 Å². The molecule has 1 aliphatic carbocycles. The van der Waals surface area contributed by atoms with Crippen molar-refractivity contribution in [2.45, 2.75) is 44.6 Å². The van der Waals surface area contributed by atoms with Crippen molar-refractivity contribution in [2.24, 2.45) is 17.8 Å². The van der Waals surface area contributed by atoms with Gasteiger partial charge < -0.3 is 15.9 Å². The third kappa shape index (κ3) is 3.76. The van der Waals surface area contributed by atoms with Gasteiger partial charge in [-0.05, 0) is 50.0 Å². The molecule has 21 heavy (non-hydrogen) atoms. The Hall–Kier alpha value is -1.54. The summed E-state index contributed by atoms with van der Waals surface area (Å²) in [6.07, 6.45) is 6.30. The minimum atomic E-state index is -0.711. The van der Waals surface area contributed by atoms with Crippen LogP contribution >= 0.6 is 0 Å². The summed E-state index contributed by atoms with van der Waals surface area (Å²) in [5.41, 5.74) is 0. The number of piperidine rings is 1. The third-order valence-electron chi connectivity index (χ3n) is 4.88. The van der Waals surface area contributed by atoms with Crippen molar-refractivity contribution in [3.8, 4) is 0 Å². The highest BCUT2D eigenvalue weighted by atomic mass is 16.4. The Kier molecular flexibility index (Phi) is 5.24. The largest absolute Gasteiger partial charge is 0.480 e. The lowest BCUT2D eigenvalue weighted by Crippen LogP contribution is -2.49. The van der Waals surface area contributed by atoms with Gasteiger partial charge in [-0.15, -0.1) is 10.2 Å². The van der Waals surface area contributed by atoms with E-state index in [1.165, 1.54) is 12.8 Å². The molecule has 0 aromatic carbocycles. The van der Waals surface area contributed by atoms with Crippen LogP contribution in [0.4, 0.5) is 0 Å². The molecule has 118 valence electrons. The molecule has 5 N–H and O–H groups in total. The van der Waals surface area contributed by atoms with Gasteiger partial charge in [-0.25, -0.2) is 0 Å². The number of hydrogen-bond donors (Lipinski definition) is 3. The van der Waals surface area contributed by atoms with Gasteiger partial charge in [0, 0.05) is 6.42 Å². The Morgan fingerprint density at radius 1 is 1.29 bits per heavy atom. The summed E-state index contributed by atoms with van der Waals surface area (Å²) >= 11 is 0. The number of nitrogens with one attached hydrogen (secondary N) is 2. The maximum atomic E-state index is 11.1. The van der Waals surface area contributed by atoms with E-state index in [1.54, 1.807) is 0 Å². The summed E-state index contributed by atoms with van der Waals surface area (Å²) in [5, 5.41) is 26.3. The Morgan fingerprint density at radius 3 is 2.86 bits per heavy atom. The van der Waals surface area contributed by atoms with E-state index in [1.807, 2.05) is 0 Å². The first kappa shape index (κ1) is 15.8. The number of aliphatic carboxylic acids is 1. The Bertz CT molecular complexity index is 453. The average molecular weight is 297 g/mol. The number of carboxylic acids is 1. The maximum Gasteiger partial charge on any atom is 0.320 e. The van der Waals surface area contributed by atoms with Gasteiger partial charge >= 0.3 is 5.97 Å². The molecular weight excluding hydrogens is 274 g/mol. The molecule has 2 aliphatic rings. The second-order valence-corrected chi connectivity index (χ2v) is 6.10. The summed E-state index contributed by atoms with van der Waals surface area (Å²) < 4.78 is 0. The lowest BCUT2D eigenvalue weighted by Gasteiger charge is -2.41. The minimum absolute atomic E-state index is 0. The highest BCUT2D eigenvalue weighted by molar-refractivity contribution is 5.73. The number of rotatable bonds is 4. The first-order chi connectivity index (χ1) is 9.72. The topological polar surface area (TPSA) is 135 Å². The molecule has 3 rings (SSSR count). The number of carboxylic acid groups (broad SMARTS) is 1. The molecule has 1 aromatic rings. The number of fused-ring (bicyclic) bond motifs is 1.